The minimum absolute atomic E-state index is 0.0425. The standard InChI is InChI=1S/C15H15FN4OS/c1-9(11-4-3-5-12(16)6-11)17-8-13-7-14(21)20-15(18-13)22-10(2)19-20/h3-7,9,17H,8H2,1-2H3/t9-/m0/s1. The summed E-state index contributed by atoms with van der Waals surface area (Å²) < 4.78 is 14.5. The molecule has 0 saturated carbocycles. The Morgan fingerprint density at radius 3 is 3.00 bits per heavy atom. The van der Waals surface area contributed by atoms with Gasteiger partial charge in [0.25, 0.3) is 5.56 Å². The van der Waals surface area contributed by atoms with Crippen LogP contribution in [0.15, 0.2) is 35.1 Å². The number of hydrogen-bond acceptors (Lipinski definition) is 5. The van der Waals surface area contributed by atoms with Crippen molar-refractivity contribution in [3.63, 3.8) is 0 Å². The first-order valence-electron chi connectivity index (χ1n) is 6.88. The lowest BCUT2D eigenvalue weighted by molar-refractivity contribution is 0.559. The Bertz CT molecular complexity index is 873. The maximum absolute atomic E-state index is 13.2. The van der Waals surface area contributed by atoms with Crippen LogP contribution in [0.4, 0.5) is 4.39 Å². The minimum atomic E-state index is -0.260. The van der Waals surface area contributed by atoms with Crippen LogP contribution in [0.3, 0.4) is 0 Å². The Morgan fingerprint density at radius 1 is 1.41 bits per heavy atom. The SMILES string of the molecule is Cc1nn2c(=O)cc(CN[C@@H](C)c3cccc(F)c3)nc2s1. The van der Waals surface area contributed by atoms with E-state index in [0.29, 0.717) is 17.2 Å². The molecule has 2 aromatic heterocycles. The van der Waals surface area contributed by atoms with Gasteiger partial charge in [-0.25, -0.2) is 9.37 Å². The Kier molecular flexibility index (Phi) is 4.00. The first-order valence-corrected chi connectivity index (χ1v) is 7.70. The Balaban J connectivity index is 1.77. The topological polar surface area (TPSA) is 59.3 Å². The molecule has 2 heterocycles. The third-order valence-corrected chi connectivity index (χ3v) is 4.16. The average Bonchev–Trinajstić information content (AvgIpc) is 2.86. The number of fused-ring (bicyclic) bond motifs is 1. The van der Waals surface area contributed by atoms with Gasteiger partial charge in [-0.05, 0) is 31.5 Å². The van der Waals surface area contributed by atoms with E-state index in [2.05, 4.69) is 15.4 Å². The van der Waals surface area contributed by atoms with Crippen LogP contribution >= 0.6 is 11.3 Å². The van der Waals surface area contributed by atoms with Crippen LogP contribution in [0.5, 0.6) is 0 Å². The highest BCUT2D eigenvalue weighted by Crippen LogP contribution is 2.14. The van der Waals surface area contributed by atoms with Crippen molar-refractivity contribution in [3.05, 3.63) is 62.8 Å². The molecule has 0 saturated heterocycles. The molecule has 22 heavy (non-hydrogen) atoms. The predicted molar refractivity (Wildman–Crippen MR) is 83.5 cm³/mol. The van der Waals surface area contributed by atoms with Gasteiger partial charge < -0.3 is 5.32 Å². The molecule has 3 rings (SSSR count). The van der Waals surface area contributed by atoms with Crippen molar-refractivity contribution in [2.45, 2.75) is 26.4 Å². The summed E-state index contributed by atoms with van der Waals surface area (Å²) in [6.07, 6.45) is 0. The molecule has 1 aromatic carbocycles. The van der Waals surface area contributed by atoms with Crippen LogP contribution in [0, 0.1) is 12.7 Å². The van der Waals surface area contributed by atoms with E-state index in [-0.39, 0.29) is 17.4 Å². The van der Waals surface area contributed by atoms with Gasteiger partial charge in [0.05, 0.1) is 5.69 Å². The number of rotatable bonds is 4. The molecule has 3 aromatic rings. The largest absolute Gasteiger partial charge is 0.305 e. The zero-order valence-corrected chi connectivity index (χ0v) is 13.0. The monoisotopic (exact) mass is 318 g/mol. The van der Waals surface area contributed by atoms with Crippen LogP contribution in [0.25, 0.3) is 4.96 Å². The van der Waals surface area contributed by atoms with E-state index in [9.17, 15) is 9.18 Å². The van der Waals surface area contributed by atoms with Gasteiger partial charge in [-0.1, -0.05) is 23.5 Å². The van der Waals surface area contributed by atoms with Crippen molar-refractivity contribution in [1.29, 1.82) is 0 Å². The van der Waals surface area contributed by atoms with Gasteiger partial charge in [0.1, 0.15) is 10.8 Å². The first-order chi connectivity index (χ1) is 10.5. The van der Waals surface area contributed by atoms with Crippen molar-refractivity contribution in [3.8, 4) is 0 Å². The van der Waals surface area contributed by atoms with Crippen molar-refractivity contribution < 1.29 is 4.39 Å². The summed E-state index contributed by atoms with van der Waals surface area (Å²) in [7, 11) is 0. The number of hydrogen-bond donors (Lipinski definition) is 1. The summed E-state index contributed by atoms with van der Waals surface area (Å²) in [5, 5.41) is 8.15. The summed E-state index contributed by atoms with van der Waals surface area (Å²) in [5.41, 5.74) is 1.31. The fraction of sp³-hybridized carbons (Fsp3) is 0.267. The van der Waals surface area contributed by atoms with Crippen molar-refractivity contribution in [2.75, 3.05) is 0 Å². The molecule has 1 atom stereocenters. The van der Waals surface area contributed by atoms with Gasteiger partial charge >= 0.3 is 0 Å². The smallest absolute Gasteiger partial charge is 0.275 e. The minimum Gasteiger partial charge on any atom is -0.305 e. The Morgan fingerprint density at radius 2 is 2.23 bits per heavy atom. The summed E-state index contributed by atoms with van der Waals surface area (Å²) in [6, 6.07) is 7.88. The van der Waals surface area contributed by atoms with E-state index in [4.69, 9.17) is 0 Å². The Hall–Kier alpha value is -2.12. The fourth-order valence-electron chi connectivity index (χ4n) is 2.19. The number of nitrogens with one attached hydrogen (secondary N) is 1. The maximum atomic E-state index is 13.2. The van der Waals surface area contributed by atoms with E-state index in [1.54, 1.807) is 6.07 Å². The molecule has 7 heteroatoms. The fourth-order valence-corrected chi connectivity index (χ4v) is 2.96. The lowest BCUT2D eigenvalue weighted by atomic mass is 10.1. The van der Waals surface area contributed by atoms with E-state index < -0.39 is 0 Å². The van der Waals surface area contributed by atoms with Crippen molar-refractivity contribution >= 4 is 16.3 Å². The predicted octanol–water partition coefficient (Wildman–Crippen LogP) is 2.45. The maximum Gasteiger partial charge on any atom is 0.275 e. The third kappa shape index (κ3) is 3.05. The number of benzene rings is 1. The van der Waals surface area contributed by atoms with Gasteiger partial charge in [-0.2, -0.15) is 9.61 Å². The molecule has 0 radical (unpaired) electrons. The van der Waals surface area contributed by atoms with Gasteiger partial charge in [0.2, 0.25) is 4.96 Å². The highest BCUT2D eigenvalue weighted by atomic mass is 32.1. The Labute approximate surface area is 130 Å². The zero-order chi connectivity index (χ0) is 15.7. The third-order valence-electron chi connectivity index (χ3n) is 3.34. The molecule has 0 aliphatic carbocycles. The van der Waals surface area contributed by atoms with E-state index in [1.807, 2.05) is 19.9 Å². The molecule has 0 amide bonds. The van der Waals surface area contributed by atoms with Crippen LogP contribution in [-0.4, -0.2) is 14.6 Å². The number of aromatic nitrogens is 3. The zero-order valence-electron chi connectivity index (χ0n) is 12.2. The molecular formula is C15H15FN4OS. The highest BCUT2D eigenvalue weighted by molar-refractivity contribution is 7.16. The van der Waals surface area contributed by atoms with Gasteiger partial charge in [-0.15, -0.1) is 0 Å². The summed E-state index contributed by atoms with van der Waals surface area (Å²) in [4.78, 5) is 17.0. The second-order valence-electron chi connectivity index (χ2n) is 5.06. The second-order valence-corrected chi connectivity index (χ2v) is 6.22. The normalized spacial score (nSPS) is 12.7. The van der Waals surface area contributed by atoms with E-state index in [0.717, 1.165) is 10.6 Å². The molecule has 0 aliphatic heterocycles. The molecule has 5 nitrogen and oxygen atoms in total. The van der Waals surface area contributed by atoms with E-state index >= 15 is 0 Å². The lowest BCUT2D eigenvalue weighted by Crippen LogP contribution is -2.22. The van der Waals surface area contributed by atoms with Gasteiger partial charge in [0, 0.05) is 18.7 Å². The second kappa shape index (κ2) is 5.94. The first kappa shape index (κ1) is 14.8. The molecule has 1 N–H and O–H groups in total. The quantitative estimate of drug-likeness (QED) is 0.803. The van der Waals surface area contributed by atoms with Crippen LogP contribution in [0.1, 0.15) is 29.2 Å². The highest BCUT2D eigenvalue weighted by Gasteiger charge is 2.09. The van der Waals surface area contributed by atoms with Crippen LogP contribution in [-0.2, 0) is 6.54 Å². The molecule has 0 spiro atoms. The molecule has 0 bridgehead atoms. The van der Waals surface area contributed by atoms with Crippen molar-refractivity contribution in [2.24, 2.45) is 0 Å². The van der Waals surface area contributed by atoms with E-state index in [1.165, 1.54) is 34.1 Å². The lowest BCUT2D eigenvalue weighted by Gasteiger charge is -2.13. The van der Waals surface area contributed by atoms with Gasteiger partial charge in [0.15, 0.2) is 0 Å². The summed E-state index contributed by atoms with van der Waals surface area (Å²) >= 11 is 1.38. The number of aryl methyl sites for hydroxylation is 1. The summed E-state index contributed by atoms with van der Waals surface area (Å²) in [6.45, 7) is 4.21. The number of nitrogens with zero attached hydrogens (tertiary/aromatic N) is 3. The molecular weight excluding hydrogens is 303 g/mol. The van der Waals surface area contributed by atoms with Crippen LogP contribution in [0.2, 0.25) is 0 Å². The van der Waals surface area contributed by atoms with Crippen molar-refractivity contribution in [1.82, 2.24) is 19.9 Å². The average molecular weight is 318 g/mol. The molecule has 0 unspecified atom stereocenters. The molecule has 0 fully saturated rings. The van der Waals surface area contributed by atoms with Crippen LogP contribution < -0.4 is 10.9 Å². The summed E-state index contributed by atoms with van der Waals surface area (Å²) in [5.74, 6) is -0.260. The number of halogens is 1. The molecule has 114 valence electrons. The molecule has 0 aliphatic rings. The van der Waals surface area contributed by atoms with Gasteiger partial charge in [-0.3, -0.25) is 4.79 Å².